The van der Waals surface area contributed by atoms with Gasteiger partial charge in [-0.05, 0) is 13.8 Å². The molecule has 1 heterocycles. The Morgan fingerprint density at radius 3 is 2.22 bits per heavy atom. The fraction of sp³-hybridized carbons (Fsp3) is 0.583. The molecule has 2 N–H and O–H groups in total. The lowest BCUT2D eigenvalue weighted by Gasteiger charge is -2.15. The molecule has 0 aliphatic carbocycles. The van der Waals surface area contributed by atoms with Crippen molar-refractivity contribution in [1.29, 1.82) is 0 Å². The van der Waals surface area contributed by atoms with Gasteiger partial charge in [-0.2, -0.15) is 5.10 Å². The first-order valence-electron chi connectivity index (χ1n) is 5.79. The highest BCUT2D eigenvalue weighted by molar-refractivity contribution is 5.95. The SMILES string of the molecule is Cc1nn(C)c(C)c1NC(=O)C(C)C(C)C(=O)O. The summed E-state index contributed by atoms with van der Waals surface area (Å²) >= 11 is 0. The van der Waals surface area contributed by atoms with Crippen molar-refractivity contribution >= 4 is 17.6 Å². The van der Waals surface area contributed by atoms with E-state index in [1.165, 1.54) is 6.92 Å². The van der Waals surface area contributed by atoms with Crippen molar-refractivity contribution in [3.8, 4) is 0 Å². The summed E-state index contributed by atoms with van der Waals surface area (Å²) < 4.78 is 1.68. The molecule has 0 aromatic carbocycles. The molecule has 0 fully saturated rings. The number of carboxylic acid groups (broad SMARTS) is 1. The Bertz CT molecular complexity index is 479. The molecule has 1 rings (SSSR count). The van der Waals surface area contributed by atoms with Crippen molar-refractivity contribution in [3.63, 3.8) is 0 Å². The van der Waals surface area contributed by atoms with Gasteiger partial charge in [-0.3, -0.25) is 14.3 Å². The van der Waals surface area contributed by atoms with Crippen LogP contribution in [0.15, 0.2) is 0 Å². The number of hydrogen-bond donors (Lipinski definition) is 2. The second-order valence-corrected chi connectivity index (χ2v) is 4.57. The van der Waals surface area contributed by atoms with E-state index < -0.39 is 17.8 Å². The highest BCUT2D eigenvalue weighted by Gasteiger charge is 2.26. The lowest BCUT2D eigenvalue weighted by molar-refractivity contribution is -0.145. The summed E-state index contributed by atoms with van der Waals surface area (Å²) in [6.07, 6.45) is 0. The van der Waals surface area contributed by atoms with Crippen LogP contribution in [0.2, 0.25) is 0 Å². The topological polar surface area (TPSA) is 84.2 Å². The standard InChI is InChI=1S/C12H19N3O3/c1-6(7(2)12(17)18)11(16)13-10-8(3)14-15(5)9(10)4/h6-7H,1-5H3,(H,13,16)(H,17,18). The van der Waals surface area contributed by atoms with Crippen LogP contribution in [0.4, 0.5) is 5.69 Å². The van der Waals surface area contributed by atoms with Crippen LogP contribution in [0, 0.1) is 25.7 Å². The summed E-state index contributed by atoms with van der Waals surface area (Å²) in [5.41, 5.74) is 2.22. The van der Waals surface area contributed by atoms with E-state index in [0.717, 1.165) is 11.4 Å². The second-order valence-electron chi connectivity index (χ2n) is 4.57. The van der Waals surface area contributed by atoms with Crippen molar-refractivity contribution in [2.24, 2.45) is 18.9 Å². The van der Waals surface area contributed by atoms with Crippen molar-refractivity contribution < 1.29 is 14.7 Å². The zero-order chi connectivity index (χ0) is 14.0. The molecule has 18 heavy (non-hydrogen) atoms. The zero-order valence-electron chi connectivity index (χ0n) is 11.3. The van der Waals surface area contributed by atoms with Gasteiger partial charge in [0.1, 0.15) is 0 Å². The summed E-state index contributed by atoms with van der Waals surface area (Å²) in [5, 5.41) is 15.8. The molecule has 1 aromatic rings. The number of anilines is 1. The summed E-state index contributed by atoms with van der Waals surface area (Å²) in [4.78, 5) is 22.8. The van der Waals surface area contributed by atoms with Gasteiger partial charge in [0.05, 0.1) is 23.0 Å². The van der Waals surface area contributed by atoms with Crippen LogP contribution in [-0.4, -0.2) is 26.8 Å². The number of aliphatic carboxylic acids is 1. The second kappa shape index (κ2) is 5.20. The third-order valence-electron chi connectivity index (χ3n) is 3.31. The average Bonchev–Trinajstić information content (AvgIpc) is 2.53. The number of carboxylic acids is 1. The third-order valence-corrected chi connectivity index (χ3v) is 3.31. The molecule has 2 atom stereocenters. The maximum absolute atomic E-state index is 12.0. The van der Waals surface area contributed by atoms with Gasteiger partial charge in [-0.1, -0.05) is 13.8 Å². The number of rotatable bonds is 4. The molecule has 2 unspecified atom stereocenters. The number of carbonyl (C=O) groups excluding carboxylic acids is 1. The first kappa shape index (κ1) is 14.2. The lowest BCUT2D eigenvalue weighted by atomic mass is 9.95. The summed E-state index contributed by atoms with van der Waals surface area (Å²) in [7, 11) is 1.79. The molecule has 6 heteroatoms. The highest BCUT2D eigenvalue weighted by Crippen LogP contribution is 2.21. The van der Waals surface area contributed by atoms with Crippen molar-refractivity contribution in [3.05, 3.63) is 11.4 Å². The molecule has 0 saturated carbocycles. The molecule has 6 nitrogen and oxygen atoms in total. The van der Waals surface area contributed by atoms with E-state index in [2.05, 4.69) is 10.4 Å². The Labute approximate surface area is 106 Å². The van der Waals surface area contributed by atoms with Crippen LogP contribution in [-0.2, 0) is 16.6 Å². The molecular formula is C12H19N3O3. The van der Waals surface area contributed by atoms with E-state index in [9.17, 15) is 9.59 Å². The van der Waals surface area contributed by atoms with Crippen molar-refractivity contribution in [1.82, 2.24) is 9.78 Å². The first-order valence-corrected chi connectivity index (χ1v) is 5.79. The maximum Gasteiger partial charge on any atom is 0.307 e. The number of nitrogens with one attached hydrogen (secondary N) is 1. The fourth-order valence-corrected chi connectivity index (χ4v) is 1.63. The van der Waals surface area contributed by atoms with Crippen LogP contribution >= 0.6 is 0 Å². The van der Waals surface area contributed by atoms with Gasteiger partial charge >= 0.3 is 5.97 Å². The van der Waals surface area contributed by atoms with E-state index in [-0.39, 0.29) is 5.91 Å². The van der Waals surface area contributed by atoms with Gasteiger partial charge in [-0.15, -0.1) is 0 Å². The summed E-state index contributed by atoms with van der Waals surface area (Å²) in [6, 6.07) is 0. The largest absolute Gasteiger partial charge is 0.481 e. The molecule has 0 aliphatic rings. The molecule has 1 amide bonds. The third kappa shape index (κ3) is 2.69. The van der Waals surface area contributed by atoms with E-state index in [1.807, 2.05) is 6.92 Å². The molecule has 0 radical (unpaired) electrons. The molecular weight excluding hydrogens is 234 g/mol. The smallest absolute Gasteiger partial charge is 0.307 e. The van der Waals surface area contributed by atoms with Gasteiger partial charge in [0, 0.05) is 13.0 Å². The van der Waals surface area contributed by atoms with Gasteiger partial charge in [0.25, 0.3) is 0 Å². The molecule has 100 valence electrons. The Morgan fingerprint density at radius 2 is 1.83 bits per heavy atom. The number of hydrogen-bond acceptors (Lipinski definition) is 3. The normalized spacial score (nSPS) is 14.1. The number of carbonyl (C=O) groups is 2. The minimum Gasteiger partial charge on any atom is -0.481 e. The molecule has 1 aromatic heterocycles. The predicted octanol–water partition coefficient (Wildman–Crippen LogP) is 1.33. The zero-order valence-corrected chi connectivity index (χ0v) is 11.3. The Balaban J connectivity index is 2.85. The number of aryl methyl sites for hydroxylation is 2. The van der Waals surface area contributed by atoms with Crippen LogP contribution in [0.5, 0.6) is 0 Å². The number of amides is 1. The molecule has 0 aliphatic heterocycles. The lowest BCUT2D eigenvalue weighted by Crippen LogP contribution is -2.30. The number of nitrogens with zero attached hydrogens (tertiary/aromatic N) is 2. The molecule has 0 saturated heterocycles. The summed E-state index contributed by atoms with van der Waals surface area (Å²) in [5.74, 6) is -2.59. The Kier molecular flexibility index (Phi) is 4.11. The van der Waals surface area contributed by atoms with E-state index in [0.29, 0.717) is 5.69 Å². The monoisotopic (exact) mass is 253 g/mol. The number of aromatic nitrogens is 2. The minimum atomic E-state index is -0.975. The molecule has 0 bridgehead atoms. The van der Waals surface area contributed by atoms with Crippen LogP contribution < -0.4 is 5.32 Å². The van der Waals surface area contributed by atoms with Gasteiger partial charge in [-0.25, -0.2) is 0 Å². The average molecular weight is 253 g/mol. The predicted molar refractivity (Wildman–Crippen MR) is 67.3 cm³/mol. The van der Waals surface area contributed by atoms with Gasteiger partial charge < -0.3 is 10.4 Å². The van der Waals surface area contributed by atoms with Crippen molar-refractivity contribution in [2.75, 3.05) is 5.32 Å². The van der Waals surface area contributed by atoms with E-state index >= 15 is 0 Å². The van der Waals surface area contributed by atoms with Crippen LogP contribution in [0.25, 0.3) is 0 Å². The highest BCUT2D eigenvalue weighted by atomic mass is 16.4. The Morgan fingerprint density at radius 1 is 1.28 bits per heavy atom. The van der Waals surface area contributed by atoms with Crippen LogP contribution in [0.3, 0.4) is 0 Å². The van der Waals surface area contributed by atoms with E-state index in [4.69, 9.17) is 5.11 Å². The minimum absolute atomic E-state index is 0.302. The van der Waals surface area contributed by atoms with Gasteiger partial charge in [0.15, 0.2) is 0 Å². The first-order chi connectivity index (χ1) is 8.25. The Hall–Kier alpha value is -1.85. The van der Waals surface area contributed by atoms with Gasteiger partial charge in [0.2, 0.25) is 5.91 Å². The quantitative estimate of drug-likeness (QED) is 0.847. The fourth-order valence-electron chi connectivity index (χ4n) is 1.63. The summed E-state index contributed by atoms with van der Waals surface area (Å²) in [6.45, 7) is 6.78. The van der Waals surface area contributed by atoms with Crippen molar-refractivity contribution in [2.45, 2.75) is 27.7 Å². The molecule has 0 spiro atoms. The van der Waals surface area contributed by atoms with E-state index in [1.54, 1.807) is 25.6 Å². The van der Waals surface area contributed by atoms with Crippen LogP contribution in [0.1, 0.15) is 25.2 Å². The maximum atomic E-state index is 12.0.